The summed E-state index contributed by atoms with van der Waals surface area (Å²) in [5, 5.41) is 2.90. The first-order chi connectivity index (χ1) is 14.8. The van der Waals surface area contributed by atoms with E-state index in [1.807, 2.05) is 31.2 Å². The van der Waals surface area contributed by atoms with Crippen molar-refractivity contribution in [3.05, 3.63) is 59.9 Å². The number of amides is 1. The van der Waals surface area contributed by atoms with Gasteiger partial charge in [0.15, 0.2) is 0 Å². The van der Waals surface area contributed by atoms with Gasteiger partial charge in [-0.3, -0.25) is 9.10 Å². The number of nitrogens with zero attached hydrogens (tertiary/aromatic N) is 2. The van der Waals surface area contributed by atoms with Crippen molar-refractivity contribution in [1.82, 2.24) is 9.62 Å². The smallest absolute Gasteiger partial charge is 0.303 e. The predicted octanol–water partition coefficient (Wildman–Crippen LogP) is 2.93. The minimum atomic E-state index is -3.82. The molecule has 9 heteroatoms. The Labute approximate surface area is 183 Å². The number of ether oxygens (including phenoxy) is 1. The third-order valence-corrected chi connectivity index (χ3v) is 7.21. The van der Waals surface area contributed by atoms with Crippen molar-refractivity contribution < 1.29 is 22.3 Å². The molecule has 31 heavy (non-hydrogen) atoms. The number of carbonyl (C=O) groups excluding carboxylic acids is 1. The van der Waals surface area contributed by atoms with Crippen molar-refractivity contribution >= 4 is 21.8 Å². The summed E-state index contributed by atoms with van der Waals surface area (Å²) >= 11 is 0. The van der Waals surface area contributed by atoms with E-state index in [4.69, 9.17) is 4.74 Å². The summed E-state index contributed by atoms with van der Waals surface area (Å²) in [7, 11) is -2.39. The lowest BCUT2D eigenvalue weighted by molar-refractivity contribution is -0.126. The van der Waals surface area contributed by atoms with E-state index < -0.39 is 21.9 Å². The van der Waals surface area contributed by atoms with Crippen LogP contribution in [0, 0.1) is 11.7 Å². The van der Waals surface area contributed by atoms with Gasteiger partial charge >= 0.3 is 10.2 Å². The standard InChI is InChI=1S/C22H28FN3O4S/c1-3-30-21-12-6-17(7-13-21)15-24-22(27)18-5-4-14-26(16-18)31(28,29)25(2)20-10-8-19(23)9-11-20/h6-13,18H,3-5,14-16H2,1-2H3,(H,24,27). The quantitative estimate of drug-likeness (QED) is 0.672. The Morgan fingerprint density at radius 2 is 1.87 bits per heavy atom. The molecule has 1 aliphatic heterocycles. The van der Waals surface area contributed by atoms with E-state index in [-0.39, 0.29) is 12.5 Å². The summed E-state index contributed by atoms with van der Waals surface area (Å²) in [4.78, 5) is 12.7. The Hall–Kier alpha value is -2.65. The van der Waals surface area contributed by atoms with Crippen LogP contribution in [0.4, 0.5) is 10.1 Å². The van der Waals surface area contributed by atoms with E-state index in [0.29, 0.717) is 38.2 Å². The van der Waals surface area contributed by atoms with E-state index in [1.54, 1.807) is 0 Å². The van der Waals surface area contributed by atoms with Crippen LogP contribution in [-0.2, 0) is 21.5 Å². The van der Waals surface area contributed by atoms with E-state index in [1.165, 1.54) is 35.6 Å². The topological polar surface area (TPSA) is 79.0 Å². The second kappa shape index (κ2) is 10.1. The largest absolute Gasteiger partial charge is 0.494 e. The van der Waals surface area contributed by atoms with E-state index in [0.717, 1.165) is 15.6 Å². The van der Waals surface area contributed by atoms with E-state index >= 15 is 0 Å². The van der Waals surface area contributed by atoms with Crippen LogP contribution in [0.25, 0.3) is 0 Å². The molecule has 1 saturated heterocycles. The number of nitrogens with one attached hydrogen (secondary N) is 1. The van der Waals surface area contributed by atoms with Gasteiger partial charge in [0.2, 0.25) is 5.91 Å². The molecule has 3 rings (SSSR count). The summed E-state index contributed by atoms with van der Waals surface area (Å²) in [6, 6.07) is 12.7. The third-order valence-electron chi connectivity index (χ3n) is 5.32. The van der Waals surface area contributed by atoms with Gasteiger partial charge < -0.3 is 10.1 Å². The van der Waals surface area contributed by atoms with Crippen LogP contribution < -0.4 is 14.4 Å². The van der Waals surface area contributed by atoms with Crippen molar-refractivity contribution in [1.29, 1.82) is 0 Å². The minimum Gasteiger partial charge on any atom is -0.494 e. The van der Waals surface area contributed by atoms with Crippen LogP contribution in [0.1, 0.15) is 25.3 Å². The highest BCUT2D eigenvalue weighted by atomic mass is 32.2. The average molecular weight is 450 g/mol. The summed E-state index contributed by atoms with van der Waals surface area (Å²) in [6.07, 6.45) is 1.22. The van der Waals surface area contributed by atoms with Gasteiger partial charge in [-0.25, -0.2) is 4.39 Å². The molecule has 0 spiro atoms. The maximum Gasteiger partial charge on any atom is 0.303 e. The highest BCUT2D eigenvalue weighted by molar-refractivity contribution is 7.90. The molecule has 0 radical (unpaired) electrons. The summed E-state index contributed by atoms with van der Waals surface area (Å²) < 4.78 is 47.0. The molecular weight excluding hydrogens is 421 g/mol. The number of carbonyl (C=O) groups is 1. The first-order valence-electron chi connectivity index (χ1n) is 10.3. The Bertz CT molecular complexity index is 981. The number of benzene rings is 2. The molecule has 1 amide bonds. The summed E-state index contributed by atoms with van der Waals surface area (Å²) in [6.45, 7) is 3.33. The first kappa shape index (κ1) is 23.0. The second-order valence-corrected chi connectivity index (χ2v) is 9.40. The lowest BCUT2D eigenvalue weighted by atomic mass is 9.99. The SMILES string of the molecule is CCOc1ccc(CNC(=O)C2CCCN(S(=O)(=O)N(C)c3ccc(F)cc3)C2)cc1. The number of hydrogen-bond donors (Lipinski definition) is 1. The van der Waals surface area contributed by atoms with Crippen LogP contribution >= 0.6 is 0 Å². The van der Waals surface area contributed by atoms with Gasteiger partial charge in [-0.1, -0.05) is 12.1 Å². The number of anilines is 1. The van der Waals surface area contributed by atoms with E-state index in [2.05, 4.69) is 5.32 Å². The number of hydrogen-bond acceptors (Lipinski definition) is 4. The molecule has 1 N–H and O–H groups in total. The van der Waals surface area contributed by atoms with Crippen molar-refractivity contribution in [2.75, 3.05) is 31.0 Å². The number of piperidine rings is 1. The normalized spacial score (nSPS) is 17.2. The third kappa shape index (κ3) is 5.74. The fraction of sp³-hybridized carbons (Fsp3) is 0.409. The maximum atomic E-state index is 13.2. The molecule has 1 atom stereocenters. The van der Waals surface area contributed by atoms with Gasteiger partial charge in [-0.05, 0) is 61.7 Å². The van der Waals surface area contributed by atoms with Gasteiger partial charge in [0, 0.05) is 26.7 Å². The van der Waals surface area contributed by atoms with Crippen LogP contribution in [0.5, 0.6) is 5.75 Å². The second-order valence-electron chi connectivity index (χ2n) is 7.44. The lowest BCUT2D eigenvalue weighted by Gasteiger charge is -2.34. The molecule has 0 aromatic heterocycles. The van der Waals surface area contributed by atoms with Crippen LogP contribution in [0.3, 0.4) is 0 Å². The molecule has 2 aromatic carbocycles. The minimum absolute atomic E-state index is 0.114. The summed E-state index contributed by atoms with van der Waals surface area (Å²) in [5.74, 6) is -0.251. The Morgan fingerprint density at radius 3 is 2.52 bits per heavy atom. The van der Waals surface area contributed by atoms with Crippen LogP contribution in [0.2, 0.25) is 0 Å². The van der Waals surface area contributed by atoms with Crippen molar-refractivity contribution in [2.24, 2.45) is 5.92 Å². The molecule has 168 valence electrons. The molecule has 0 saturated carbocycles. The van der Waals surface area contributed by atoms with Crippen LogP contribution in [0.15, 0.2) is 48.5 Å². The number of halogens is 1. The van der Waals surface area contributed by atoms with Gasteiger partial charge in [0.05, 0.1) is 18.2 Å². The van der Waals surface area contributed by atoms with Gasteiger partial charge in [-0.2, -0.15) is 12.7 Å². The summed E-state index contributed by atoms with van der Waals surface area (Å²) in [5.41, 5.74) is 1.30. The molecule has 1 unspecified atom stereocenters. The zero-order valence-electron chi connectivity index (χ0n) is 17.8. The van der Waals surface area contributed by atoms with Crippen molar-refractivity contribution in [3.63, 3.8) is 0 Å². The lowest BCUT2D eigenvalue weighted by Crippen LogP contribution is -2.49. The fourth-order valence-corrected chi connectivity index (χ4v) is 4.99. The van der Waals surface area contributed by atoms with Gasteiger partial charge in [0.25, 0.3) is 0 Å². The molecule has 0 aliphatic carbocycles. The zero-order valence-corrected chi connectivity index (χ0v) is 18.6. The van der Waals surface area contributed by atoms with Crippen molar-refractivity contribution in [3.8, 4) is 5.75 Å². The Kier molecular flexibility index (Phi) is 7.50. The molecule has 1 aliphatic rings. The average Bonchev–Trinajstić information content (AvgIpc) is 2.78. The molecule has 1 heterocycles. The highest BCUT2D eigenvalue weighted by Crippen LogP contribution is 2.24. The number of rotatable bonds is 8. The molecule has 7 nitrogen and oxygen atoms in total. The van der Waals surface area contributed by atoms with Gasteiger partial charge in [-0.15, -0.1) is 0 Å². The molecule has 0 bridgehead atoms. The van der Waals surface area contributed by atoms with E-state index in [9.17, 15) is 17.6 Å². The predicted molar refractivity (Wildman–Crippen MR) is 117 cm³/mol. The molecule has 2 aromatic rings. The first-order valence-corrected chi connectivity index (χ1v) is 11.7. The Balaban J connectivity index is 1.59. The molecule has 1 fully saturated rings. The van der Waals surface area contributed by atoms with Crippen molar-refractivity contribution in [2.45, 2.75) is 26.3 Å². The van der Waals surface area contributed by atoms with Crippen LogP contribution in [-0.4, -0.2) is 45.4 Å². The Morgan fingerprint density at radius 1 is 1.19 bits per heavy atom. The maximum absolute atomic E-state index is 13.2. The monoisotopic (exact) mass is 449 g/mol. The zero-order chi connectivity index (χ0) is 22.4. The fourth-order valence-electron chi connectivity index (χ4n) is 3.53. The van der Waals surface area contributed by atoms with Gasteiger partial charge in [0.1, 0.15) is 11.6 Å². The molecular formula is C22H28FN3O4S. The highest BCUT2D eigenvalue weighted by Gasteiger charge is 2.34.